The van der Waals surface area contributed by atoms with Crippen molar-refractivity contribution < 1.29 is 0 Å². The molecule has 0 aromatic rings. The van der Waals surface area contributed by atoms with Crippen molar-refractivity contribution in [3.63, 3.8) is 0 Å². The van der Waals surface area contributed by atoms with Crippen LogP contribution >= 0.6 is 0 Å². The lowest BCUT2D eigenvalue weighted by atomic mass is 9.79. The van der Waals surface area contributed by atoms with Crippen molar-refractivity contribution in [2.24, 2.45) is 11.7 Å². The van der Waals surface area contributed by atoms with Gasteiger partial charge < -0.3 is 5.73 Å². The predicted octanol–water partition coefficient (Wildman–Crippen LogP) is 3.25. The van der Waals surface area contributed by atoms with Crippen LogP contribution in [0, 0.1) is 5.92 Å². The van der Waals surface area contributed by atoms with Crippen LogP contribution in [-0.4, -0.2) is 5.54 Å². The molecule has 0 aliphatic heterocycles. The summed E-state index contributed by atoms with van der Waals surface area (Å²) in [5.41, 5.74) is 7.80. The van der Waals surface area contributed by atoms with E-state index in [0.717, 1.165) is 18.8 Å². The van der Waals surface area contributed by atoms with Crippen LogP contribution in [0.2, 0.25) is 0 Å². The zero-order valence-electron chi connectivity index (χ0n) is 9.27. The Morgan fingerprint density at radius 1 is 1.46 bits per heavy atom. The van der Waals surface area contributed by atoms with Crippen molar-refractivity contribution in [3.05, 3.63) is 11.6 Å². The summed E-state index contributed by atoms with van der Waals surface area (Å²) in [5.74, 6) is 0.816. The van der Waals surface area contributed by atoms with Gasteiger partial charge in [0.05, 0.1) is 0 Å². The average Bonchev–Trinajstić information content (AvgIpc) is 2.09. The van der Waals surface area contributed by atoms with Gasteiger partial charge in [-0.15, -0.1) is 0 Å². The van der Waals surface area contributed by atoms with Gasteiger partial charge in [0.1, 0.15) is 0 Å². The molecule has 0 fully saturated rings. The largest absolute Gasteiger partial charge is 0.325 e. The van der Waals surface area contributed by atoms with Gasteiger partial charge in [-0.05, 0) is 44.9 Å². The van der Waals surface area contributed by atoms with Crippen LogP contribution in [0.5, 0.6) is 0 Å². The molecule has 1 rings (SSSR count). The molecular weight excluding hydrogens is 158 g/mol. The second kappa shape index (κ2) is 4.28. The van der Waals surface area contributed by atoms with E-state index in [1.165, 1.54) is 19.3 Å². The molecule has 0 saturated carbocycles. The second-order valence-corrected chi connectivity index (χ2v) is 4.65. The molecule has 2 N–H and O–H groups in total. The van der Waals surface area contributed by atoms with Crippen molar-refractivity contribution in [1.82, 2.24) is 0 Å². The molecule has 0 spiro atoms. The van der Waals surface area contributed by atoms with Crippen molar-refractivity contribution in [3.8, 4) is 0 Å². The standard InChI is InChI=1S/C12H23N/c1-4-10(5-2)11-6-8-12(3,13)9-7-11/h6,10H,4-5,7-9,13H2,1-3H3. The van der Waals surface area contributed by atoms with Crippen molar-refractivity contribution in [2.45, 2.75) is 58.4 Å². The van der Waals surface area contributed by atoms with Gasteiger partial charge in [-0.2, -0.15) is 0 Å². The maximum absolute atomic E-state index is 6.08. The molecule has 1 nitrogen and oxygen atoms in total. The lowest BCUT2D eigenvalue weighted by molar-refractivity contribution is 0.395. The molecule has 0 radical (unpaired) electrons. The average molecular weight is 181 g/mol. The highest BCUT2D eigenvalue weighted by molar-refractivity contribution is 5.13. The molecule has 1 unspecified atom stereocenters. The molecule has 1 heteroatoms. The summed E-state index contributed by atoms with van der Waals surface area (Å²) in [6, 6.07) is 0. The minimum absolute atomic E-state index is 0.0650. The zero-order valence-corrected chi connectivity index (χ0v) is 9.27. The van der Waals surface area contributed by atoms with Gasteiger partial charge in [-0.1, -0.05) is 25.5 Å². The first-order valence-electron chi connectivity index (χ1n) is 5.57. The second-order valence-electron chi connectivity index (χ2n) is 4.65. The Labute approximate surface area is 82.4 Å². The van der Waals surface area contributed by atoms with Gasteiger partial charge in [0.25, 0.3) is 0 Å². The summed E-state index contributed by atoms with van der Waals surface area (Å²) in [6.45, 7) is 6.73. The molecule has 1 aliphatic carbocycles. The van der Waals surface area contributed by atoms with E-state index >= 15 is 0 Å². The van der Waals surface area contributed by atoms with E-state index in [4.69, 9.17) is 5.73 Å². The maximum atomic E-state index is 6.08. The molecule has 0 heterocycles. The molecule has 0 saturated heterocycles. The lowest BCUT2D eigenvalue weighted by Gasteiger charge is -2.31. The van der Waals surface area contributed by atoms with Crippen LogP contribution in [0.3, 0.4) is 0 Å². The van der Waals surface area contributed by atoms with Gasteiger partial charge in [0.2, 0.25) is 0 Å². The third-order valence-electron chi connectivity index (χ3n) is 3.33. The van der Waals surface area contributed by atoms with Crippen LogP contribution < -0.4 is 5.73 Å². The quantitative estimate of drug-likeness (QED) is 0.664. The SMILES string of the molecule is CCC(CC)C1=CCC(C)(N)CC1. The molecule has 0 bridgehead atoms. The molecule has 0 aromatic carbocycles. The highest BCUT2D eigenvalue weighted by Gasteiger charge is 2.23. The zero-order chi connectivity index (χ0) is 9.90. The number of allylic oxidation sites excluding steroid dienone is 1. The Hall–Kier alpha value is -0.300. The summed E-state index contributed by atoms with van der Waals surface area (Å²) >= 11 is 0. The van der Waals surface area contributed by atoms with Gasteiger partial charge in [0, 0.05) is 5.54 Å². The van der Waals surface area contributed by atoms with Gasteiger partial charge in [-0.25, -0.2) is 0 Å². The van der Waals surface area contributed by atoms with Crippen LogP contribution in [0.1, 0.15) is 52.9 Å². The first-order chi connectivity index (χ1) is 6.09. The summed E-state index contributed by atoms with van der Waals surface area (Å²) < 4.78 is 0. The number of nitrogens with two attached hydrogens (primary N) is 1. The fraction of sp³-hybridized carbons (Fsp3) is 0.833. The summed E-state index contributed by atoms with van der Waals surface area (Å²) in [5, 5.41) is 0. The maximum Gasteiger partial charge on any atom is 0.0163 e. The smallest absolute Gasteiger partial charge is 0.0163 e. The van der Waals surface area contributed by atoms with E-state index in [-0.39, 0.29) is 5.54 Å². The molecule has 0 aromatic heterocycles. The minimum atomic E-state index is 0.0650. The number of hydrogen-bond acceptors (Lipinski definition) is 1. The van der Waals surface area contributed by atoms with Gasteiger partial charge in [-0.3, -0.25) is 0 Å². The lowest BCUT2D eigenvalue weighted by Crippen LogP contribution is -2.37. The van der Waals surface area contributed by atoms with E-state index in [0.29, 0.717) is 0 Å². The van der Waals surface area contributed by atoms with Gasteiger partial charge in [0.15, 0.2) is 0 Å². The minimum Gasteiger partial charge on any atom is -0.325 e. The summed E-state index contributed by atoms with van der Waals surface area (Å²) in [4.78, 5) is 0. The molecular formula is C12H23N. The van der Waals surface area contributed by atoms with Crippen LogP contribution in [-0.2, 0) is 0 Å². The normalized spacial score (nSPS) is 29.2. The Morgan fingerprint density at radius 3 is 2.46 bits per heavy atom. The van der Waals surface area contributed by atoms with Crippen LogP contribution in [0.4, 0.5) is 0 Å². The van der Waals surface area contributed by atoms with Crippen molar-refractivity contribution >= 4 is 0 Å². The first kappa shape index (κ1) is 10.8. The highest BCUT2D eigenvalue weighted by Crippen LogP contribution is 2.31. The number of rotatable bonds is 3. The Kier molecular flexibility index (Phi) is 3.55. The third kappa shape index (κ3) is 2.84. The molecule has 76 valence electrons. The Morgan fingerprint density at radius 2 is 2.08 bits per heavy atom. The molecule has 1 atom stereocenters. The molecule has 13 heavy (non-hydrogen) atoms. The van der Waals surface area contributed by atoms with E-state index in [9.17, 15) is 0 Å². The fourth-order valence-corrected chi connectivity index (χ4v) is 2.18. The fourth-order valence-electron chi connectivity index (χ4n) is 2.18. The highest BCUT2D eigenvalue weighted by atomic mass is 14.7. The number of hydrogen-bond donors (Lipinski definition) is 1. The predicted molar refractivity (Wildman–Crippen MR) is 58.6 cm³/mol. The van der Waals surface area contributed by atoms with E-state index in [1.54, 1.807) is 5.57 Å². The van der Waals surface area contributed by atoms with Crippen molar-refractivity contribution in [1.29, 1.82) is 0 Å². The Bertz CT molecular complexity index is 187. The van der Waals surface area contributed by atoms with Crippen molar-refractivity contribution in [2.75, 3.05) is 0 Å². The van der Waals surface area contributed by atoms with E-state index in [2.05, 4.69) is 26.8 Å². The van der Waals surface area contributed by atoms with Gasteiger partial charge >= 0.3 is 0 Å². The first-order valence-corrected chi connectivity index (χ1v) is 5.57. The topological polar surface area (TPSA) is 26.0 Å². The molecule has 1 aliphatic rings. The third-order valence-corrected chi connectivity index (χ3v) is 3.33. The van der Waals surface area contributed by atoms with Crippen LogP contribution in [0.15, 0.2) is 11.6 Å². The Balaban J connectivity index is 2.58. The van der Waals surface area contributed by atoms with E-state index < -0.39 is 0 Å². The summed E-state index contributed by atoms with van der Waals surface area (Å²) in [7, 11) is 0. The van der Waals surface area contributed by atoms with Crippen LogP contribution in [0.25, 0.3) is 0 Å². The summed E-state index contributed by atoms with van der Waals surface area (Å²) in [6.07, 6.45) is 8.40. The molecule has 0 amide bonds. The van der Waals surface area contributed by atoms with E-state index in [1.807, 2.05) is 0 Å². The monoisotopic (exact) mass is 181 g/mol.